The first-order valence-electron chi connectivity index (χ1n) is 10.1. The summed E-state index contributed by atoms with van der Waals surface area (Å²) in [4.78, 5) is 4.29. The van der Waals surface area contributed by atoms with Crippen LogP contribution in [0.3, 0.4) is 0 Å². The number of nitrogens with zero attached hydrogens (tertiary/aromatic N) is 4. The Morgan fingerprint density at radius 2 is 1.10 bits per heavy atom. The molecule has 0 heterocycles. The maximum absolute atomic E-state index is 5.40. The first-order valence-corrected chi connectivity index (χ1v) is 10.1. The van der Waals surface area contributed by atoms with E-state index in [2.05, 4.69) is 50.1 Å². The van der Waals surface area contributed by atoms with E-state index in [4.69, 9.17) is 19.7 Å². The highest BCUT2D eigenvalue weighted by atomic mass is 16.5. The van der Waals surface area contributed by atoms with Crippen molar-refractivity contribution in [2.24, 2.45) is 10.2 Å². The van der Waals surface area contributed by atoms with Crippen molar-refractivity contribution < 1.29 is 9.47 Å². The van der Waals surface area contributed by atoms with Gasteiger partial charge in [-0.25, -0.2) is 0 Å². The second-order valence-electron chi connectivity index (χ2n) is 7.66. The van der Waals surface area contributed by atoms with Gasteiger partial charge in [0.1, 0.15) is 11.5 Å². The van der Waals surface area contributed by atoms with Crippen LogP contribution in [0.1, 0.15) is 24.0 Å². The lowest BCUT2D eigenvalue weighted by Crippen LogP contribution is -2.18. The van der Waals surface area contributed by atoms with E-state index in [1.165, 1.54) is 0 Å². The molecule has 0 spiro atoms. The zero-order chi connectivity index (χ0) is 21.9. The standard InChI is InChI=1S/C24H34N4O2/c1-27(2)15-13-23(19-9-7-11-21(17-19)29-5)25-26-24(14-16-28(3)4)20-10-8-12-22(18-20)30-6/h7-12,17-18H,13-16H2,1-6H3/b25-23-,26-24+. The molecule has 0 aliphatic rings. The maximum Gasteiger partial charge on any atom is 0.119 e. The molecule has 0 aromatic heterocycles. The molecule has 0 fully saturated rings. The molecule has 0 saturated carbocycles. The minimum absolute atomic E-state index is 0.794. The van der Waals surface area contributed by atoms with E-state index in [-0.39, 0.29) is 0 Å². The van der Waals surface area contributed by atoms with Gasteiger partial charge >= 0.3 is 0 Å². The summed E-state index contributed by atoms with van der Waals surface area (Å²) >= 11 is 0. The summed E-state index contributed by atoms with van der Waals surface area (Å²) in [7, 11) is 11.6. The van der Waals surface area contributed by atoms with Crippen LogP contribution in [0.4, 0.5) is 0 Å². The van der Waals surface area contributed by atoms with Crippen molar-refractivity contribution in [2.75, 3.05) is 55.5 Å². The third kappa shape index (κ3) is 7.61. The zero-order valence-electron chi connectivity index (χ0n) is 19.1. The van der Waals surface area contributed by atoms with E-state index in [0.717, 1.165) is 60.0 Å². The lowest BCUT2D eigenvalue weighted by molar-refractivity contribution is 0.414. The Morgan fingerprint density at radius 1 is 0.700 bits per heavy atom. The number of hydrogen-bond acceptors (Lipinski definition) is 6. The largest absolute Gasteiger partial charge is 0.497 e. The minimum atomic E-state index is 0.794. The molecular weight excluding hydrogens is 376 g/mol. The fraction of sp³-hybridized carbons (Fsp3) is 0.417. The third-order valence-electron chi connectivity index (χ3n) is 4.69. The van der Waals surface area contributed by atoms with Gasteiger partial charge in [-0.1, -0.05) is 24.3 Å². The third-order valence-corrected chi connectivity index (χ3v) is 4.69. The smallest absolute Gasteiger partial charge is 0.119 e. The van der Waals surface area contributed by atoms with E-state index in [0.29, 0.717) is 0 Å². The summed E-state index contributed by atoms with van der Waals surface area (Å²) in [6.07, 6.45) is 1.59. The number of rotatable bonds is 11. The van der Waals surface area contributed by atoms with Crippen LogP contribution in [0.15, 0.2) is 58.7 Å². The average Bonchev–Trinajstić information content (AvgIpc) is 2.75. The molecule has 0 radical (unpaired) electrons. The Kier molecular flexibility index (Phi) is 9.51. The second-order valence-corrected chi connectivity index (χ2v) is 7.66. The molecule has 0 unspecified atom stereocenters. The Balaban J connectivity index is 2.44. The average molecular weight is 411 g/mol. The van der Waals surface area contributed by atoms with Crippen LogP contribution in [0.2, 0.25) is 0 Å². The summed E-state index contributed by atoms with van der Waals surface area (Å²) in [5.74, 6) is 1.63. The van der Waals surface area contributed by atoms with E-state index in [9.17, 15) is 0 Å². The van der Waals surface area contributed by atoms with Gasteiger partial charge in [-0.05, 0) is 52.5 Å². The molecule has 0 amide bonds. The minimum Gasteiger partial charge on any atom is -0.497 e. The first-order chi connectivity index (χ1) is 14.4. The predicted molar refractivity (Wildman–Crippen MR) is 125 cm³/mol. The molecule has 6 heteroatoms. The van der Waals surface area contributed by atoms with Gasteiger partial charge in [-0.2, -0.15) is 10.2 Å². The summed E-state index contributed by atoms with van der Waals surface area (Å²) in [6, 6.07) is 16.0. The molecule has 162 valence electrons. The van der Waals surface area contributed by atoms with Gasteiger partial charge in [0.25, 0.3) is 0 Å². The molecule has 0 atom stereocenters. The van der Waals surface area contributed by atoms with Crippen molar-refractivity contribution in [3.05, 3.63) is 59.7 Å². The molecule has 0 saturated heterocycles. The molecular formula is C24H34N4O2. The van der Waals surface area contributed by atoms with Crippen LogP contribution in [0.25, 0.3) is 0 Å². The van der Waals surface area contributed by atoms with Gasteiger partial charge in [0.15, 0.2) is 0 Å². The number of methoxy groups -OCH3 is 2. The van der Waals surface area contributed by atoms with Crippen LogP contribution < -0.4 is 9.47 Å². The van der Waals surface area contributed by atoms with Crippen molar-refractivity contribution >= 4 is 11.4 Å². The monoisotopic (exact) mass is 410 g/mol. The maximum atomic E-state index is 5.40. The van der Waals surface area contributed by atoms with Gasteiger partial charge < -0.3 is 19.3 Å². The van der Waals surface area contributed by atoms with E-state index >= 15 is 0 Å². The number of ether oxygens (including phenoxy) is 2. The Hall–Kier alpha value is -2.70. The quantitative estimate of drug-likeness (QED) is 0.418. The molecule has 2 rings (SSSR count). The van der Waals surface area contributed by atoms with Crippen molar-refractivity contribution in [1.29, 1.82) is 0 Å². The summed E-state index contributed by atoms with van der Waals surface area (Å²) < 4.78 is 10.8. The zero-order valence-corrected chi connectivity index (χ0v) is 19.1. The fourth-order valence-corrected chi connectivity index (χ4v) is 2.89. The molecule has 0 bridgehead atoms. The van der Waals surface area contributed by atoms with Crippen LogP contribution in [0.5, 0.6) is 11.5 Å². The van der Waals surface area contributed by atoms with Crippen molar-refractivity contribution in [1.82, 2.24) is 9.80 Å². The van der Waals surface area contributed by atoms with Gasteiger partial charge in [0.2, 0.25) is 0 Å². The highest BCUT2D eigenvalue weighted by Gasteiger charge is 2.09. The van der Waals surface area contributed by atoms with E-state index < -0.39 is 0 Å². The van der Waals surface area contributed by atoms with E-state index in [1.54, 1.807) is 14.2 Å². The highest BCUT2D eigenvalue weighted by molar-refractivity contribution is 6.04. The van der Waals surface area contributed by atoms with Crippen LogP contribution in [-0.4, -0.2) is 76.7 Å². The molecule has 0 aliphatic heterocycles. The summed E-state index contributed by atoms with van der Waals surface area (Å²) in [5, 5.41) is 9.43. The van der Waals surface area contributed by atoms with Gasteiger partial charge in [0, 0.05) is 37.1 Å². The fourth-order valence-electron chi connectivity index (χ4n) is 2.89. The lowest BCUT2D eigenvalue weighted by Gasteiger charge is -2.13. The lowest BCUT2D eigenvalue weighted by atomic mass is 10.1. The van der Waals surface area contributed by atoms with E-state index in [1.807, 2.05) is 36.4 Å². The van der Waals surface area contributed by atoms with Gasteiger partial charge in [-0.15, -0.1) is 0 Å². The predicted octanol–water partition coefficient (Wildman–Crippen LogP) is 3.80. The number of hydrogen-bond donors (Lipinski definition) is 0. The van der Waals surface area contributed by atoms with Crippen molar-refractivity contribution in [3.63, 3.8) is 0 Å². The Labute approximate surface area is 180 Å². The Bertz CT molecular complexity index is 788. The van der Waals surface area contributed by atoms with Gasteiger partial charge in [0.05, 0.1) is 25.6 Å². The molecule has 6 nitrogen and oxygen atoms in total. The Morgan fingerprint density at radius 3 is 1.43 bits per heavy atom. The summed E-state index contributed by atoms with van der Waals surface area (Å²) in [6.45, 7) is 1.77. The highest BCUT2D eigenvalue weighted by Crippen LogP contribution is 2.17. The van der Waals surface area contributed by atoms with Crippen molar-refractivity contribution in [3.8, 4) is 11.5 Å². The van der Waals surface area contributed by atoms with Crippen LogP contribution in [-0.2, 0) is 0 Å². The topological polar surface area (TPSA) is 49.7 Å². The molecule has 0 N–H and O–H groups in total. The SMILES string of the molecule is COc1cccc(/C(CCN(C)C)=N\N=C(/CCN(C)C)c2cccc(OC)c2)c1. The van der Waals surface area contributed by atoms with Crippen LogP contribution in [0, 0.1) is 0 Å². The molecule has 30 heavy (non-hydrogen) atoms. The second kappa shape index (κ2) is 12.1. The normalized spacial score (nSPS) is 12.5. The molecule has 2 aromatic carbocycles. The number of benzene rings is 2. The molecule has 0 aliphatic carbocycles. The van der Waals surface area contributed by atoms with Crippen molar-refractivity contribution in [2.45, 2.75) is 12.8 Å². The van der Waals surface area contributed by atoms with Crippen LogP contribution >= 0.6 is 0 Å². The van der Waals surface area contributed by atoms with Gasteiger partial charge in [-0.3, -0.25) is 0 Å². The molecule has 2 aromatic rings. The first kappa shape index (κ1) is 23.6. The summed E-state index contributed by atoms with van der Waals surface area (Å²) in [5.41, 5.74) is 3.93.